The number of hydrogen-bond acceptors (Lipinski definition) is 3. The van der Waals surface area contributed by atoms with Crippen LogP contribution in [0.25, 0.3) is 0 Å². The molecule has 1 aliphatic heterocycles. The summed E-state index contributed by atoms with van der Waals surface area (Å²) < 4.78 is 47.0. The molecule has 0 spiro atoms. The minimum atomic E-state index is -2.81. The molecule has 2 aromatic rings. The van der Waals surface area contributed by atoms with E-state index in [0.717, 1.165) is 0 Å². The van der Waals surface area contributed by atoms with E-state index in [1.165, 1.54) is 29.1 Å². The third kappa shape index (κ3) is 3.84. The zero-order valence-corrected chi connectivity index (χ0v) is 14.5. The minimum Gasteiger partial charge on any atom is -0.493 e. The van der Waals surface area contributed by atoms with Gasteiger partial charge in [0.15, 0.2) is 5.69 Å². The number of nitrogens with one attached hydrogen (secondary N) is 1. The lowest BCUT2D eigenvalue weighted by atomic mass is 10.00. The largest absolute Gasteiger partial charge is 0.493 e. The molecule has 0 saturated carbocycles. The summed E-state index contributed by atoms with van der Waals surface area (Å²) in [7, 11) is 0. The second-order valence-corrected chi connectivity index (χ2v) is 6.69. The third-order valence-electron chi connectivity index (χ3n) is 4.11. The third-order valence-corrected chi connectivity index (χ3v) is 4.11. The van der Waals surface area contributed by atoms with Gasteiger partial charge in [-0.1, -0.05) is 13.8 Å². The van der Waals surface area contributed by atoms with Crippen LogP contribution < -0.4 is 10.1 Å². The van der Waals surface area contributed by atoms with E-state index in [4.69, 9.17) is 4.74 Å². The minimum absolute atomic E-state index is 0.196. The monoisotopic (exact) mass is 367 g/mol. The number of ether oxygens (including phenoxy) is 1. The highest BCUT2D eigenvalue weighted by Crippen LogP contribution is 2.33. The number of aromatic nitrogens is 2. The van der Waals surface area contributed by atoms with Gasteiger partial charge in [0.1, 0.15) is 11.6 Å². The molecule has 1 atom stereocenters. The van der Waals surface area contributed by atoms with Gasteiger partial charge in [-0.15, -0.1) is 0 Å². The Morgan fingerprint density at radius 1 is 1.42 bits per heavy atom. The number of halogens is 3. The van der Waals surface area contributed by atoms with E-state index in [2.05, 4.69) is 10.4 Å². The fourth-order valence-electron chi connectivity index (χ4n) is 2.98. The first-order valence-corrected chi connectivity index (χ1v) is 8.43. The van der Waals surface area contributed by atoms with Gasteiger partial charge in [-0.05, 0) is 24.1 Å². The smallest absolute Gasteiger partial charge is 0.272 e. The molecule has 1 aliphatic rings. The van der Waals surface area contributed by atoms with Crippen molar-refractivity contribution >= 4 is 5.91 Å². The van der Waals surface area contributed by atoms with Gasteiger partial charge in [0.25, 0.3) is 12.3 Å². The Labute approximate surface area is 149 Å². The van der Waals surface area contributed by atoms with Crippen LogP contribution in [-0.2, 0) is 6.54 Å². The van der Waals surface area contributed by atoms with Gasteiger partial charge < -0.3 is 10.1 Å². The van der Waals surface area contributed by atoms with Crippen LogP contribution in [0.2, 0.25) is 0 Å². The SMILES string of the molecule is CC(C)Cn1cc(C(F)F)c(C(=O)N[C@@H]2CCOc3ccc(F)cc32)n1. The lowest BCUT2D eigenvalue weighted by Crippen LogP contribution is -2.33. The molecule has 0 aliphatic carbocycles. The van der Waals surface area contributed by atoms with Crippen LogP contribution >= 0.6 is 0 Å². The molecule has 1 aromatic heterocycles. The van der Waals surface area contributed by atoms with Crippen molar-refractivity contribution in [1.82, 2.24) is 15.1 Å². The molecule has 0 radical (unpaired) electrons. The first-order valence-electron chi connectivity index (χ1n) is 8.43. The van der Waals surface area contributed by atoms with Crippen molar-refractivity contribution in [2.24, 2.45) is 5.92 Å². The Bertz CT molecular complexity index is 805. The maximum atomic E-state index is 13.5. The number of carbonyl (C=O) groups is 1. The molecule has 0 saturated heterocycles. The van der Waals surface area contributed by atoms with E-state index < -0.39 is 29.8 Å². The van der Waals surface area contributed by atoms with E-state index in [1.807, 2.05) is 13.8 Å². The number of amides is 1. The van der Waals surface area contributed by atoms with E-state index in [0.29, 0.717) is 30.9 Å². The van der Waals surface area contributed by atoms with Crippen LogP contribution in [0.1, 0.15) is 54.4 Å². The molecular formula is C18H20F3N3O2. The second kappa shape index (κ2) is 7.39. The van der Waals surface area contributed by atoms with Crippen molar-refractivity contribution in [1.29, 1.82) is 0 Å². The van der Waals surface area contributed by atoms with Gasteiger partial charge in [-0.3, -0.25) is 9.48 Å². The van der Waals surface area contributed by atoms with Crippen molar-refractivity contribution in [3.63, 3.8) is 0 Å². The van der Waals surface area contributed by atoms with Crippen molar-refractivity contribution in [3.8, 4) is 5.75 Å². The Balaban J connectivity index is 1.85. The van der Waals surface area contributed by atoms with Crippen LogP contribution in [0.15, 0.2) is 24.4 Å². The lowest BCUT2D eigenvalue weighted by Gasteiger charge is -2.26. The number of fused-ring (bicyclic) bond motifs is 1. The summed E-state index contributed by atoms with van der Waals surface area (Å²) in [5.74, 6) is -0.489. The average molecular weight is 367 g/mol. The van der Waals surface area contributed by atoms with Crippen molar-refractivity contribution in [2.75, 3.05) is 6.61 Å². The van der Waals surface area contributed by atoms with Gasteiger partial charge in [-0.2, -0.15) is 5.10 Å². The quantitative estimate of drug-likeness (QED) is 0.873. The molecule has 3 rings (SSSR count). The molecule has 0 bridgehead atoms. The maximum absolute atomic E-state index is 13.5. The highest BCUT2D eigenvalue weighted by molar-refractivity contribution is 5.94. The molecule has 5 nitrogen and oxygen atoms in total. The van der Waals surface area contributed by atoms with E-state index in [9.17, 15) is 18.0 Å². The van der Waals surface area contributed by atoms with Crippen molar-refractivity contribution in [2.45, 2.75) is 39.3 Å². The summed E-state index contributed by atoms with van der Waals surface area (Å²) in [6.45, 7) is 4.62. The normalized spacial score (nSPS) is 16.5. The Kier molecular flexibility index (Phi) is 5.20. The van der Waals surface area contributed by atoms with E-state index >= 15 is 0 Å². The Hall–Kier alpha value is -2.51. The second-order valence-electron chi connectivity index (χ2n) is 6.69. The summed E-state index contributed by atoms with van der Waals surface area (Å²) >= 11 is 0. The Morgan fingerprint density at radius 2 is 2.19 bits per heavy atom. The van der Waals surface area contributed by atoms with Crippen molar-refractivity contribution < 1.29 is 22.7 Å². The number of benzene rings is 1. The highest BCUT2D eigenvalue weighted by Gasteiger charge is 2.28. The summed E-state index contributed by atoms with van der Waals surface area (Å²) in [6.07, 6.45) is -1.19. The van der Waals surface area contributed by atoms with Crippen LogP contribution in [0.3, 0.4) is 0 Å². The molecule has 140 valence electrons. The topological polar surface area (TPSA) is 56.2 Å². The molecule has 0 fully saturated rings. The molecule has 26 heavy (non-hydrogen) atoms. The number of hydrogen-bond donors (Lipinski definition) is 1. The fraction of sp³-hybridized carbons (Fsp3) is 0.444. The predicted octanol–water partition coefficient (Wildman–Crippen LogP) is 3.87. The van der Waals surface area contributed by atoms with Gasteiger partial charge in [0, 0.05) is 24.7 Å². The molecule has 2 heterocycles. The molecule has 1 N–H and O–H groups in total. The van der Waals surface area contributed by atoms with Crippen LogP contribution in [0, 0.1) is 11.7 Å². The first-order chi connectivity index (χ1) is 12.3. The fourth-order valence-corrected chi connectivity index (χ4v) is 2.98. The van der Waals surface area contributed by atoms with Crippen LogP contribution in [-0.4, -0.2) is 22.3 Å². The van der Waals surface area contributed by atoms with Crippen LogP contribution in [0.5, 0.6) is 5.75 Å². The number of alkyl halides is 2. The number of carbonyl (C=O) groups excluding carboxylic acids is 1. The lowest BCUT2D eigenvalue weighted by molar-refractivity contribution is 0.0905. The molecular weight excluding hydrogens is 347 g/mol. The molecule has 1 amide bonds. The summed E-state index contributed by atoms with van der Waals surface area (Å²) in [5, 5.41) is 6.72. The van der Waals surface area contributed by atoms with Gasteiger partial charge >= 0.3 is 0 Å². The van der Waals surface area contributed by atoms with Gasteiger partial charge in [0.2, 0.25) is 0 Å². The van der Waals surface area contributed by atoms with Gasteiger partial charge in [0.05, 0.1) is 18.2 Å². The number of rotatable bonds is 5. The van der Waals surface area contributed by atoms with E-state index in [1.54, 1.807) is 0 Å². The summed E-state index contributed by atoms with van der Waals surface area (Å²) in [6, 6.07) is 3.52. The average Bonchev–Trinajstić information content (AvgIpc) is 2.99. The Morgan fingerprint density at radius 3 is 2.88 bits per heavy atom. The predicted molar refractivity (Wildman–Crippen MR) is 88.7 cm³/mol. The zero-order valence-electron chi connectivity index (χ0n) is 14.5. The zero-order chi connectivity index (χ0) is 18.8. The summed E-state index contributed by atoms with van der Waals surface area (Å²) in [5.41, 5.74) is -0.218. The van der Waals surface area contributed by atoms with Gasteiger partial charge in [-0.25, -0.2) is 13.2 Å². The number of nitrogens with zero attached hydrogens (tertiary/aromatic N) is 2. The van der Waals surface area contributed by atoms with E-state index in [-0.39, 0.29) is 11.6 Å². The molecule has 8 heteroatoms. The maximum Gasteiger partial charge on any atom is 0.272 e. The summed E-state index contributed by atoms with van der Waals surface area (Å²) in [4.78, 5) is 12.6. The first kappa shape index (κ1) is 18.3. The van der Waals surface area contributed by atoms with Crippen molar-refractivity contribution in [3.05, 3.63) is 47.0 Å². The standard InChI is InChI=1S/C18H20F3N3O2/c1-10(2)8-24-9-13(17(20)21)16(23-24)18(25)22-14-5-6-26-15-4-3-11(19)7-12(14)15/h3-4,7,9-10,14,17H,5-6,8H2,1-2H3,(H,22,25)/t14-/m1/s1. The molecule has 0 unspecified atom stereocenters. The van der Waals surface area contributed by atoms with Crippen LogP contribution in [0.4, 0.5) is 13.2 Å². The highest BCUT2D eigenvalue weighted by atomic mass is 19.3. The molecule has 1 aromatic carbocycles.